The van der Waals surface area contributed by atoms with Gasteiger partial charge in [0.25, 0.3) is 0 Å². The molecule has 158 valence electrons. The van der Waals surface area contributed by atoms with Gasteiger partial charge in [-0.25, -0.2) is 4.79 Å². The average molecular weight is 447 g/mol. The van der Waals surface area contributed by atoms with E-state index in [0.29, 0.717) is 33.5 Å². The second kappa shape index (κ2) is 11.5. The summed E-state index contributed by atoms with van der Waals surface area (Å²) in [5.41, 5.74) is 1.71. The second-order valence-corrected chi connectivity index (χ2v) is 7.76. The summed E-state index contributed by atoms with van der Waals surface area (Å²) in [7, 11) is 0. The number of halogens is 1. The maximum Gasteiger partial charge on any atom is 0.337 e. The van der Waals surface area contributed by atoms with Crippen LogP contribution < -0.4 is 5.32 Å². The third kappa shape index (κ3) is 5.68. The van der Waals surface area contributed by atoms with Crippen LogP contribution in [0, 0.1) is 11.3 Å². The number of nitrogens with zero attached hydrogens (tertiary/aromatic N) is 1. The molecular formula is C22H23ClN2O4S. The average Bonchev–Trinajstić information content (AvgIpc) is 2.74. The normalized spacial score (nSPS) is 15.9. The summed E-state index contributed by atoms with van der Waals surface area (Å²) in [5, 5.41) is 13.9. The standard InChI is InChI=1S/C22H23ClN2O4S/c1-4-10-28-18(26)13-30-21-16(12-24)20(15-8-6-7-9-17(15)23)19(14(3)25-21)22(27)29-11-5-2/h5-9,20,25H,2,4,10-11,13H2,1,3H3/t20-/m0/s1. The van der Waals surface area contributed by atoms with Crippen LogP contribution >= 0.6 is 23.4 Å². The number of esters is 2. The number of nitrogens with one attached hydrogen (secondary N) is 1. The van der Waals surface area contributed by atoms with Crippen molar-refractivity contribution < 1.29 is 19.1 Å². The zero-order chi connectivity index (χ0) is 22.1. The van der Waals surface area contributed by atoms with E-state index in [1.165, 1.54) is 6.08 Å². The number of carbonyl (C=O) groups excluding carboxylic acids is 2. The van der Waals surface area contributed by atoms with Gasteiger partial charge in [-0.1, -0.05) is 61.1 Å². The molecule has 0 aliphatic carbocycles. The summed E-state index contributed by atoms with van der Waals surface area (Å²) in [6.45, 7) is 7.57. The fraction of sp³-hybridized carbons (Fsp3) is 0.318. The Hall–Kier alpha value is -2.69. The van der Waals surface area contributed by atoms with Crippen LogP contribution in [0.15, 0.2) is 58.8 Å². The van der Waals surface area contributed by atoms with Crippen LogP contribution in [-0.2, 0) is 19.1 Å². The van der Waals surface area contributed by atoms with E-state index in [1.54, 1.807) is 31.2 Å². The lowest BCUT2D eigenvalue weighted by Gasteiger charge is -2.29. The number of dihydropyridines is 1. The largest absolute Gasteiger partial charge is 0.465 e. The number of ether oxygens (including phenoxy) is 2. The summed E-state index contributed by atoms with van der Waals surface area (Å²) in [6, 6.07) is 9.21. The van der Waals surface area contributed by atoms with Crippen LogP contribution in [0.4, 0.5) is 0 Å². The van der Waals surface area contributed by atoms with Gasteiger partial charge in [-0.2, -0.15) is 5.26 Å². The van der Waals surface area contributed by atoms with Gasteiger partial charge in [0.05, 0.1) is 40.5 Å². The smallest absolute Gasteiger partial charge is 0.337 e. The first kappa shape index (κ1) is 23.6. The lowest BCUT2D eigenvalue weighted by molar-refractivity contribution is -0.140. The number of nitriles is 1. The van der Waals surface area contributed by atoms with Crippen molar-refractivity contribution in [3.05, 3.63) is 69.4 Å². The van der Waals surface area contributed by atoms with Gasteiger partial charge in [0, 0.05) is 10.7 Å². The lowest BCUT2D eigenvalue weighted by atomic mass is 9.82. The van der Waals surface area contributed by atoms with Crippen LogP contribution in [0.25, 0.3) is 0 Å². The van der Waals surface area contributed by atoms with E-state index in [1.807, 2.05) is 6.92 Å². The van der Waals surface area contributed by atoms with E-state index in [0.717, 1.165) is 18.2 Å². The zero-order valence-corrected chi connectivity index (χ0v) is 18.4. The number of benzene rings is 1. The molecule has 0 unspecified atom stereocenters. The molecule has 2 rings (SSSR count). The first-order chi connectivity index (χ1) is 14.4. The quantitative estimate of drug-likeness (QED) is 0.442. The molecule has 8 heteroatoms. The summed E-state index contributed by atoms with van der Waals surface area (Å²) in [6.07, 6.45) is 2.20. The maximum absolute atomic E-state index is 12.8. The van der Waals surface area contributed by atoms with Crippen molar-refractivity contribution in [3.63, 3.8) is 0 Å². The molecule has 1 heterocycles. The number of rotatable bonds is 9. The van der Waals surface area contributed by atoms with Crippen molar-refractivity contribution in [2.45, 2.75) is 26.2 Å². The SMILES string of the molecule is C=CCOC(=O)C1=C(C)NC(SCC(=O)OCCC)=C(C#N)[C@@H]1c1ccccc1Cl. The molecule has 1 N–H and O–H groups in total. The van der Waals surface area contributed by atoms with E-state index >= 15 is 0 Å². The summed E-state index contributed by atoms with van der Waals surface area (Å²) >= 11 is 7.56. The van der Waals surface area contributed by atoms with Gasteiger partial charge in [-0.3, -0.25) is 4.79 Å². The van der Waals surface area contributed by atoms with E-state index in [9.17, 15) is 14.9 Å². The molecule has 0 bridgehead atoms. The molecule has 1 aliphatic rings. The third-order valence-electron chi connectivity index (χ3n) is 4.22. The predicted molar refractivity (Wildman–Crippen MR) is 118 cm³/mol. The topological polar surface area (TPSA) is 88.4 Å². The van der Waals surface area contributed by atoms with Gasteiger partial charge >= 0.3 is 11.9 Å². The summed E-state index contributed by atoms with van der Waals surface area (Å²) in [5.74, 6) is -1.63. The predicted octanol–water partition coefficient (Wildman–Crippen LogP) is 4.45. The van der Waals surface area contributed by atoms with Crippen LogP contribution in [-0.4, -0.2) is 30.9 Å². The molecule has 0 spiro atoms. The Morgan fingerprint density at radius 2 is 2.10 bits per heavy atom. The number of thioether (sulfide) groups is 1. The molecule has 1 aromatic rings. The highest BCUT2D eigenvalue weighted by molar-refractivity contribution is 8.03. The van der Waals surface area contributed by atoms with Gasteiger partial charge in [-0.15, -0.1) is 0 Å². The Labute approximate surface area is 185 Å². The molecule has 30 heavy (non-hydrogen) atoms. The molecule has 0 amide bonds. The Kier molecular flexibility index (Phi) is 9.03. The Morgan fingerprint density at radius 1 is 1.37 bits per heavy atom. The van der Waals surface area contributed by atoms with Crippen molar-refractivity contribution in [2.24, 2.45) is 0 Å². The zero-order valence-electron chi connectivity index (χ0n) is 16.9. The van der Waals surface area contributed by atoms with Gasteiger partial charge in [-0.05, 0) is 25.0 Å². The monoisotopic (exact) mass is 446 g/mol. The minimum absolute atomic E-state index is 0.0340. The number of hydrogen-bond acceptors (Lipinski definition) is 7. The molecule has 0 aromatic heterocycles. The van der Waals surface area contributed by atoms with E-state index in [2.05, 4.69) is 18.0 Å². The number of carbonyl (C=O) groups is 2. The first-order valence-electron chi connectivity index (χ1n) is 9.37. The number of hydrogen-bond donors (Lipinski definition) is 1. The fourth-order valence-electron chi connectivity index (χ4n) is 2.92. The number of allylic oxidation sites excluding steroid dienone is 2. The lowest BCUT2D eigenvalue weighted by Crippen LogP contribution is -2.29. The van der Waals surface area contributed by atoms with Crippen LogP contribution in [0.3, 0.4) is 0 Å². The summed E-state index contributed by atoms with van der Waals surface area (Å²) < 4.78 is 10.4. The fourth-order valence-corrected chi connectivity index (χ4v) is 4.05. The molecule has 0 radical (unpaired) electrons. The molecule has 1 aliphatic heterocycles. The highest BCUT2D eigenvalue weighted by Gasteiger charge is 2.36. The Morgan fingerprint density at radius 3 is 2.73 bits per heavy atom. The van der Waals surface area contributed by atoms with Crippen molar-refractivity contribution >= 4 is 35.3 Å². The van der Waals surface area contributed by atoms with Gasteiger partial charge in [0.15, 0.2) is 0 Å². The highest BCUT2D eigenvalue weighted by Crippen LogP contribution is 2.43. The van der Waals surface area contributed by atoms with Crippen molar-refractivity contribution in [2.75, 3.05) is 19.0 Å². The molecular weight excluding hydrogens is 424 g/mol. The van der Waals surface area contributed by atoms with E-state index in [4.69, 9.17) is 21.1 Å². The van der Waals surface area contributed by atoms with Crippen molar-refractivity contribution in [1.82, 2.24) is 5.32 Å². The van der Waals surface area contributed by atoms with Gasteiger partial charge < -0.3 is 14.8 Å². The highest BCUT2D eigenvalue weighted by atomic mass is 35.5. The second-order valence-electron chi connectivity index (χ2n) is 6.37. The third-order valence-corrected chi connectivity index (χ3v) is 5.55. The molecule has 0 saturated heterocycles. The van der Waals surface area contributed by atoms with Gasteiger partial charge in [0.1, 0.15) is 6.61 Å². The van der Waals surface area contributed by atoms with Crippen LogP contribution in [0.1, 0.15) is 31.7 Å². The van der Waals surface area contributed by atoms with Crippen molar-refractivity contribution in [3.8, 4) is 6.07 Å². The molecule has 0 fully saturated rings. The van der Waals surface area contributed by atoms with Crippen LogP contribution in [0.5, 0.6) is 0 Å². The Balaban J connectivity index is 2.46. The summed E-state index contributed by atoms with van der Waals surface area (Å²) in [4.78, 5) is 24.7. The minimum atomic E-state index is -0.726. The molecule has 0 saturated carbocycles. The van der Waals surface area contributed by atoms with E-state index < -0.39 is 11.9 Å². The Bertz CT molecular complexity index is 933. The van der Waals surface area contributed by atoms with E-state index in [-0.39, 0.29) is 23.9 Å². The van der Waals surface area contributed by atoms with Crippen molar-refractivity contribution in [1.29, 1.82) is 5.26 Å². The molecule has 6 nitrogen and oxygen atoms in total. The maximum atomic E-state index is 12.8. The molecule has 1 atom stereocenters. The molecule has 1 aromatic carbocycles. The minimum Gasteiger partial charge on any atom is -0.465 e. The van der Waals surface area contributed by atoms with Crippen LogP contribution in [0.2, 0.25) is 5.02 Å². The first-order valence-corrected chi connectivity index (χ1v) is 10.7. The van der Waals surface area contributed by atoms with Gasteiger partial charge in [0.2, 0.25) is 0 Å².